The Hall–Kier alpha value is -2.57. The molecule has 0 aliphatic heterocycles. The highest BCUT2D eigenvalue weighted by Gasteiger charge is 2.18. The molecule has 0 saturated carbocycles. The third kappa shape index (κ3) is 4.10. The van der Waals surface area contributed by atoms with Crippen molar-refractivity contribution < 1.29 is 14.2 Å². The Morgan fingerprint density at radius 2 is 1.76 bits per heavy atom. The number of nitrogens with one attached hydrogen (secondary N) is 1. The first kappa shape index (κ1) is 18.8. The molecule has 0 aromatic carbocycles. The summed E-state index contributed by atoms with van der Waals surface area (Å²) < 4.78 is 16.1. The van der Waals surface area contributed by atoms with Crippen molar-refractivity contribution in [3.8, 4) is 28.8 Å². The first-order chi connectivity index (χ1) is 12.1. The Bertz CT molecular complexity index is 718. The second kappa shape index (κ2) is 8.50. The fraction of sp³-hybridized carbons (Fsp3) is 0.500. The van der Waals surface area contributed by atoms with Crippen LogP contribution in [0.15, 0.2) is 12.3 Å². The minimum atomic E-state index is 0.325. The fourth-order valence-corrected chi connectivity index (χ4v) is 2.56. The molecule has 0 saturated heterocycles. The van der Waals surface area contributed by atoms with Gasteiger partial charge < -0.3 is 19.5 Å². The van der Waals surface area contributed by atoms with Gasteiger partial charge in [-0.05, 0) is 19.8 Å². The smallest absolute Gasteiger partial charge is 0.257 e. The zero-order valence-electron chi connectivity index (χ0n) is 15.7. The van der Waals surface area contributed by atoms with Crippen molar-refractivity contribution >= 4 is 5.82 Å². The molecule has 0 unspecified atom stereocenters. The second-order valence-electron chi connectivity index (χ2n) is 5.60. The summed E-state index contributed by atoms with van der Waals surface area (Å²) in [5.41, 5.74) is 2.17. The third-order valence-corrected chi connectivity index (χ3v) is 4.08. The lowest BCUT2D eigenvalue weighted by atomic mass is 10.1. The number of anilines is 1. The maximum absolute atomic E-state index is 5.46. The third-order valence-electron chi connectivity index (χ3n) is 4.08. The number of aryl methyl sites for hydroxylation is 1. The van der Waals surface area contributed by atoms with Crippen LogP contribution in [0.2, 0.25) is 0 Å². The number of rotatable bonds is 8. The van der Waals surface area contributed by atoms with Crippen LogP contribution in [0.25, 0.3) is 11.3 Å². The van der Waals surface area contributed by atoms with Crippen LogP contribution in [0.3, 0.4) is 0 Å². The first-order valence-corrected chi connectivity index (χ1v) is 8.35. The van der Waals surface area contributed by atoms with E-state index in [1.807, 2.05) is 6.92 Å². The summed E-state index contributed by atoms with van der Waals surface area (Å²) in [4.78, 5) is 13.5. The van der Waals surface area contributed by atoms with E-state index in [1.165, 1.54) is 0 Å². The number of aromatic nitrogens is 3. The maximum atomic E-state index is 5.46. The van der Waals surface area contributed by atoms with Gasteiger partial charge in [0.1, 0.15) is 11.4 Å². The standard InChI is InChI=1S/C18H26N4O3/c1-7-12(8-2)21-17-18(25-6)22-16(11(3)20-17)13-10-19-15(24-5)9-14(13)23-4/h9-10,12H,7-8H2,1-6H3,(H,20,21). The van der Waals surface area contributed by atoms with Crippen LogP contribution in [-0.2, 0) is 0 Å². The Kier molecular flexibility index (Phi) is 6.38. The van der Waals surface area contributed by atoms with Crippen LogP contribution in [0, 0.1) is 6.92 Å². The molecule has 0 atom stereocenters. The molecule has 0 bridgehead atoms. The Morgan fingerprint density at radius 3 is 2.32 bits per heavy atom. The van der Waals surface area contributed by atoms with Gasteiger partial charge in [-0.1, -0.05) is 13.8 Å². The van der Waals surface area contributed by atoms with Crippen LogP contribution < -0.4 is 19.5 Å². The molecular formula is C18H26N4O3. The van der Waals surface area contributed by atoms with E-state index in [-0.39, 0.29) is 0 Å². The summed E-state index contributed by atoms with van der Waals surface area (Å²) in [6.45, 7) is 6.18. The van der Waals surface area contributed by atoms with Gasteiger partial charge in [-0.25, -0.2) is 15.0 Å². The number of nitrogens with zero attached hydrogens (tertiary/aromatic N) is 3. The SMILES string of the molecule is CCC(CC)Nc1nc(C)c(-c2cnc(OC)cc2OC)nc1OC. The van der Waals surface area contributed by atoms with Crippen molar-refractivity contribution in [3.63, 3.8) is 0 Å². The molecule has 0 amide bonds. The molecule has 136 valence electrons. The van der Waals surface area contributed by atoms with Gasteiger partial charge in [-0.2, -0.15) is 0 Å². The van der Waals surface area contributed by atoms with Gasteiger partial charge in [0, 0.05) is 18.3 Å². The molecule has 0 aliphatic carbocycles. The van der Waals surface area contributed by atoms with Crippen LogP contribution in [-0.4, -0.2) is 42.3 Å². The summed E-state index contributed by atoms with van der Waals surface area (Å²) in [5, 5.41) is 3.40. The van der Waals surface area contributed by atoms with Gasteiger partial charge in [-0.15, -0.1) is 0 Å². The van der Waals surface area contributed by atoms with Crippen LogP contribution in [0.1, 0.15) is 32.4 Å². The van der Waals surface area contributed by atoms with Gasteiger partial charge in [-0.3, -0.25) is 0 Å². The van der Waals surface area contributed by atoms with Crippen molar-refractivity contribution in [3.05, 3.63) is 18.0 Å². The minimum absolute atomic E-state index is 0.325. The zero-order valence-corrected chi connectivity index (χ0v) is 15.7. The summed E-state index contributed by atoms with van der Waals surface area (Å²) >= 11 is 0. The molecule has 0 radical (unpaired) electrons. The Balaban J connectivity index is 2.50. The van der Waals surface area contributed by atoms with E-state index in [0.717, 1.165) is 24.1 Å². The number of hydrogen-bond donors (Lipinski definition) is 1. The predicted molar refractivity (Wildman–Crippen MR) is 97.6 cm³/mol. The molecule has 2 aromatic heterocycles. The van der Waals surface area contributed by atoms with E-state index in [0.29, 0.717) is 35.1 Å². The molecule has 0 fully saturated rings. The van der Waals surface area contributed by atoms with E-state index in [9.17, 15) is 0 Å². The summed E-state index contributed by atoms with van der Waals surface area (Å²) in [7, 11) is 4.75. The molecule has 7 heteroatoms. The van der Waals surface area contributed by atoms with Crippen molar-refractivity contribution in [1.82, 2.24) is 15.0 Å². The van der Waals surface area contributed by atoms with Gasteiger partial charge >= 0.3 is 0 Å². The van der Waals surface area contributed by atoms with E-state index < -0.39 is 0 Å². The Morgan fingerprint density at radius 1 is 1.04 bits per heavy atom. The molecule has 2 heterocycles. The number of ether oxygens (including phenoxy) is 3. The zero-order chi connectivity index (χ0) is 18.4. The molecular weight excluding hydrogens is 320 g/mol. The van der Waals surface area contributed by atoms with Crippen LogP contribution >= 0.6 is 0 Å². The largest absolute Gasteiger partial charge is 0.496 e. The van der Waals surface area contributed by atoms with Crippen molar-refractivity contribution in [2.75, 3.05) is 26.6 Å². The summed E-state index contributed by atoms with van der Waals surface area (Å²) in [6.07, 6.45) is 3.67. The summed E-state index contributed by atoms with van der Waals surface area (Å²) in [5.74, 6) is 2.19. The molecule has 1 N–H and O–H groups in total. The van der Waals surface area contributed by atoms with E-state index in [2.05, 4.69) is 34.1 Å². The first-order valence-electron chi connectivity index (χ1n) is 8.35. The monoisotopic (exact) mass is 346 g/mol. The second-order valence-corrected chi connectivity index (χ2v) is 5.60. The lowest BCUT2D eigenvalue weighted by Crippen LogP contribution is -2.19. The highest BCUT2D eigenvalue weighted by Crippen LogP contribution is 2.34. The number of hydrogen-bond acceptors (Lipinski definition) is 7. The fourth-order valence-electron chi connectivity index (χ4n) is 2.56. The number of methoxy groups -OCH3 is 3. The van der Waals surface area contributed by atoms with Crippen molar-refractivity contribution in [2.45, 2.75) is 39.7 Å². The molecule has 2 aromatic rings. The van der Waals surface area contributed by atoms with Crippen LogP contribution in [0.5, 0.6) is 17.5 Å². The van der Waals surface area contributed by atoms with Gasteiger partial charge in [0.25, 0.3) is 5.88 Å². The topological polar surface area (TPSA) is 78.4 Å². The van der Waals surface area contributed by atoms with Gasteiger partial charge in [0.15, 0.2) is 5.82 Å². The molecule has 2 rings (SSSR count). The maximum Gasteiger partial charge on any atom is 0.257 e. The minimum Gasteiger partial charge on any atom is -0.496 e. The summed E-state index contributed by atoms with van der Waals surface area (Å²) in [6, 6.07) is 2.05. The quantitative estimate of drug-likeness (QED) is 0.784. The van der Waals surface area contributed by atoms with E-state index >= 15 is 0 Å². The normalized spacial score (nSPS) is 10.7. The molecule has 25 heavy (non-hydrogen) atoms. The highest BCUT2D eigenvalue weighted by molar-refractivity contribution is 5.70. The van der Waals surface area contributed by atoms with Gasteiger partial charge in [0.2, 0.25) is 5.88 Å². The van der Waals surface area contributed by atoms with E-state index in [1.54, 1.807) is 33.6 Å². The predicted octanol–water partition coefficient (Wildman–Crippen LogP) is 3.47. The average Bonchev–Trinajstić information content (AvgIpc) is 2.65. The lowest BCUT2D eigenvalue weighted by Gasteiger charge is -2.19. The number of pyridine rings is 1. The van der Waals surface area contributed by atoms with E-state index in [4.69, 9.17) is 14.2 Å². The molecule has 0 spiro atoms. The Labute approximate surface area is 148 Å². The molecule has 7 nitrogen and oxygen atoms in total. The van der Waals surface area contributed by atoms with Crippen LogP contribution in [0.4, 0.5) is 5.82 Å². The molecule has 0 aliphatic rings. The van der Waals surface area contributed by atoms with Crippen molar-refractivity contribution in [1.29, 1.82) is 0 Å². The van der Waals surface area contributed by atoms with Gasteiger partial charge in [0.05, 0.1) is 32.6 Å². The lowest BCUT2D eigenvalue weighted by molar-refractivity contribution is 0.382. The average molecular weight is 346 g/mol. The highest BCUT2D eigenvalue weighted by atomic mass is 16.5. The van der Waals surface area contributed by atoms with Crippen molar-refractivity contribution in [2.24, 2.45) is 0 Å².